The molecule has 3 N–H and O–H groups in total. The molecule has 0 spiro atoms. The van der Waals surface area contributed by atoms with Crippen molar-refractivity contribution in [2.24, 2.45) is 23.5 Å². The van der Waals surface area contributed by atoms with E-state index < -0.39 is 0 Å². The van der Waals surface area contributed by atoms with Gasteiger partial charge < -0.3 is 11.1 Å². The van der Waals surface area contributed by atoms with Crippen LogP contribution in [0, 0.1) is 17.8 Å². The summed E-state index contributed by atoms with van der Waals surface area (Å²) in [6, 6.07) is 0. The molecule has 2 saturated carbocycles. The fourth-order valence-corrected chi connectivity index (χ4v) is 4.43. The first-order chi connectivity index (χ1) is 8.19. The third-order valence-electron chi connectivity index (χ3n) is 5.23. The summed E-state index contributed by atoms with van der Waals surface area (Å²) >= 11 is 4.75. The topological polar surface area (TPSA) is 38.0 Å². The lowest BCUT2D eigenvalue weighted by atomic mass is 9.69. The van der Waals surface area contributed by atoms with Crippen LogP contribution in [0.3, 0.4) is 0 Å². The highest BCUT2D eigenvalue weighted by atomic mass is 32.1. The maximum Gasteiger partial charge on any atom is 0.0381 e. The second kappa shape index (κ2) is 4.60. The van der Waals surface area contributed by atoms with Gasteiger partial charge >= 0.3 is 0 Å². The minimum atomic E-state index is -0.0229. The van der Waals surface area contributed by atoms with Crippen molar-refractivity contribution in [3.8, 4) is 0 Å². The molecule has 0 aromatic carbocycles. The lowest BCUT2D eigenvalue weighted by Crippen LogP contribution is -2.46. The van der Waals surface area contributed by atoms with E-state index in [4.69, 9.17) is 18.4 Å². The van der Waals surface area contributed by atoms with Crippen LogP contribution in [0.1, 0.15) is 38.5 Å². The first-order valence-corrected chi connectivity index (χ1v) is 7.55. The molecule has 1 heterocycles. The van der Waals surface area contributed by atoms with Gasteiger partial charge in [-0.25, -0.2) is 0 Å². The van der Waals surface area contributed by atoms with E-state index in [1.54, 1.807) is 0 Å². The maximum atomic E-state index is 6.61. The molecular weight excluding hydrogens is 228 g/mol. The summed E-state index contributed by atoms with van der Waals surface area (Å²) in [5, 5.41) is 3.41. The Morgan fingerprint density at radius 2 is 1.94 bits per heavy atom. The van der Waals surface area contributed by atoms with E-state index in [2.05, 4.69) is 11.4 Å². The molecule has 0 radical (unpaired) electrons. The SMILES string of the molecule is NC1(/C=C(\S)C2CCNCC2)CCC2CCC21. The van der Waals surface area contributed by atoms with Gasteiger partial charge in [0.15, 0.2) is 0 Å². The van der Waals surface area contributed by atoms with E-state index in [-0.39, 0.29) is 5.54 Å². The Labute approximate surface area is 110 Å². The Kier molecular flexibility index (Phi) is 3.26. The highest BCUT2D eigenvalue weighted by Crippen LogP contribution is 2.52. The number of piperidine rings is 1. The third kappa shape index (κ3) is 2.18. The zero-order valence-corrected chi connectivity index (χ0v) is 11.4. The van der Waals surface area contributed by atoms with Crippen LogP contribution in [-0.4, -0.2) is 18.6 Å². The molecule has 2 nitrogen and oxygen atoms in total. The molecule has 0 amide bonds. The summed E-state index contributed by atoms with van der Waals surface area (Å²) in [5.74, 6) is 2.33. The van der Waals surface area contributed by atoms with Gasteiger partial charge in [-0.1, -0.05) is 6.08 Å². The summed E-state index contributed by atoms with van der Waals surface area (Å²) in [6.07, 6.45) is 10.0. The standard InChI is InChI=1S/C14H24N2S/c15-14(6-3-10-1-2-12(10)14)9-13(17)11-4-7-16-8-5-11/h9-12,16-17H,1-8,15H2/b13-9-. The van der Waals surface area contributed by atoms with Gasteiger partial charge in [0.2, 0.25) is 0 Å². The Bertz CT molecular complexity index is 322. The average Bonchev–Trinajstić information content (AvgIpc) is 2.49. The highest BCUT2D eigenvalue weighted by molar-refractivity contribution is 7.84. The predicted octanol–water partition coefficient (Wildman–Crippen LogP) is 2.32. The van der Waals surface area contributed by atoms with E-state index in [1.807, 2.05) is 0 Å². The van der Waals surface area contributed by atoms with Crippen LogP contribution >= 0.6 is 12.6 Å². The first kappa shape index (κ1) is 12.1. The second-order valence-electron chi connectivity index (χ2n) is 6.19. The van der Waals surface area contributed by atoms with Crippen LogP contribution in [0.2, 0.25) is 0 Å². The Balaban J connectivity index is 1.71. The summed E-state index contributed by atoms with van der Waals surface area (Å²) in [6.45, 7) is 2.26. The fourth-order valence-electron chi connectivity index (χ4n) is 3.93. The van der Waals surface area contributed by atoms with Crippen molar-refractivity contribution in [3.05, 3.63) is 11.0 Å². The Morgan fingerprint density at radius 1 is 1.18 bits per heavy atom. The van der Waals surface area contributed by atoms with E-state index >= 15 is 0 Å². The van der Waals surface area contributed by atoms with Gasteiger partial charge in [0.1, 0.15) is 0 Å². The number of hydrogen-bond acceptors (Lipinski definition) is 3. The number of rotatable bonds is 2. The van der Waals surface area contributed by atoms with E-state index in [0.717, 1.165) is 24.9 Å². The highest BCUT2D eigenvalue weighted by Gasteiger charge is 2.49. The summed E-state index contributed by atoms with van der Waals surface area (Å²) in [4.78, 5) is 1.27. The average molecular weight is 252 g/mol. The molecule has 3 fully saturated rings. The molecule has 0 aromatic heterocycles. The summed E-state index contributed by atoms with van der Waals surface area (Å²) in [5.41, 5.74) is 6.59. The van der Waals surface area contributed by atoms with Crippen molar-refractivity contribution >= 4 is 12.6 Å². The van der Waals surface area contributed by atoms with E-state index in [9.17, 15) is 0 Å². The van der Waals surface area contributed by atoms with Crippen LogP contribution in [0.4, 0.5) is 0 Å². The second-order valence-corrected chi connectivity index (χ2v) is 6.70. The van der Waals surface area contributed by atoms with Crippen molar-refractivity contribution in [1.29, 1.82) is 0 Å². The number of thiol groups is 1. The van der Waals surface area contributed by atoms with Crippen LogP contribution in [-0.2, 0) is 0 Å². The molecule has 0 bridgehead atoms. The number of hydrogen-bond donors (Lipinski definition) is 3. The minimum absolute atomic E-state index is 0.0229. The monoisotopic (exact) mass is 252 g/mol. The molecular formula is C14H24N2S. The molecule has 3 unspecified atom stereocenters. The van der Waals surface area contributed by atoms with Crippen molar-refractivity contribution in [2.45, 2.75) is 44.1 Å². The number of allylic oxidation sites excluding steroid dienone is 1. The van der Waals surface area contributed by atoms with Gasteiger partial charge in [-0.2, -0.15) is 0 Å². The van der Waals surface area contributed by atoms with Gasteiger partial charge in [0.25, 0.3) is 0 Å². The fraction of sp³-hybridized carbons (Fsp3) is 0.857. The predicted molar refractivity (Wildman–Crippen MR) is 75.0 cm³/mol. The number of nitrogens with two attached hydrogens (primary N) is 1. The molecule has 1 aliphatic heterocycles. The van der Waals surface area contributed by atoms with Crippen molar-refractivity contribution in [2.75, 3.05) is 13.1 Å². The Hall–Kier alpha value is 0.01000. The van der Waals surface area contributed by atoms with Crippen molar-refractivity contribution in [3.63, 3.8) is 0 Å². The minimum Gasteiger partial charge on any atom is -0.322 e. The molecule has 0 aromatic rings. The molecule has 3 rings (SSSR count). The van der Waals surface area contributed by atoms with Gasteiger partial charge in [0, 0.05) is 5.54 Å². The van der Waals surface area contributed by atoms with Crippen LogP contribution in [0.15, 0.2) is 11.0 Å². The van der Waals surface area contributed by atoms with E-state index in [0.29, 0.717) is 5.92 Å². The summed E-state index contributed by atoms with van der Waals surface area (Å²) in [7, 11) is 0. The lowest BCUT2D eigenvalue weighted by molar-refractivity contribution is 0.172. The van der Waals surface area contributed by atoms with Gasteiger partial charge in [0.05, 0.1) is 0 Å². The van der Waals surface area contributed by atoms with Crippen LogP contribution in [0.5, 0.6) is 0 Å². The van der Waals surface area contributed by atoms with E-state index in [1.165, 1.54) is 43.4 Å². The van der Waals surface area contributed by atoms with Gasteiger partial charge in [-0.05, 0) is 74.3 Å². The number of fused-ring (bicyclic) bond motifs is 1. The normalized spacial score (nSPS) is 43.3. The molecule has 1 saturated heterocycles. The smallest absolute Gasteiger partial charge is 0.0381 e. The van der Waals surface area contributed by atoms with Gasteiger partial charge in [-0.3, -0.25) is 0 Å². The van der Waals surface area contributed by atoms with Crippen LogP contribution < -0.4 is 11.1 Å². The molecule has 3 aliphatic rings. The Morgan fingerprint density at radius 3 is 2.53 bits per heavy atom. The molecule has 3 atom stereocenters. The largest absolute Gasteiger partial charge is 0.322 e. The zero-order chi connectivity index (χ0) is 11.9. The summed E-state index contributed by atoms with van der Waals surface area (Å²) < 4.78 is 0. The lowest BCUT2D eigenvalue weighted by Gasteiger charge is -2.40. The maximum absolute atomic E-state index is 6.61. The van der Waals surface area contributed by atoms with Crippen molar-refractivity contribution in [1.82, 2.24) is 5.32 Å². The first-order valence-electron chi connectivity index (χ1n) is 7.10. The molecule has 96 valence electrons. The molecule has 2 aliphatic carbocycles. The number of nitrogens with one attached hydrogen (secondary N) is 1. The van der Waals surface area contributed by atoms with Crippen molar-refractivity contribution < 1.29 is 0 Å². The third-order valence-corrected chi connectivity index (χ3v) is 5.72. The zero-order valence-electron chi connectivity index (χ0n) is 10.5. The molecule has 17 heavy (non-hydrogen) atoms. The van der Waals surface area contributed by atoms with Crippen LogP contribution in [0.25, 0.3) is 0 Å². The van der Waals surface area contributed by atoms with Gasteiger partial charge in [-0.15, -0.1) is 12.6 Å². The molecule has 3 heteroatoms. The quantitative estimate of drug-likeness (QED) is 0.660.